The Morgan fingerprint density at radius 1 is 1.25 bits per heavy atom. The number of nitrogens with zero attached hydrogens (tertiary/aromatic N) is 1. The lowest BCUT2D eigenvalue weighted by molar-refractivity contribution is 1.12. The molecule has 0 spiro atoms. The zero-order valence-electron chi connectivity index (χ0n) is 7.81. The van der Waals surface area contributed by atoms with Crippen molar-refractivity contribution in [1.29, 1.82) is 0 Å². The standard InChI is InChI=1S/C11H13N/c1-7-4-5-12-11-9(3)8(2)6-10(7)11/h4-5H,6H2,1-3H3. The second-order valence-electron chi connectivity index (χ2n) is 3.54. The van der Waals surface area contributed by atoms with Gasteiger partial charge in [0.15, 0.2) is 0 Å². The quantitative estimate of drug-likeness (QED) is 0.567. The molecule has 2 rings (SSSR count). The van der Waals surface area contributed by atoms with Crippen molar-refractivity contribution in [3.8, 4) is 0 Å². The van der Waals surface area contributed by atoms with Gasteiger partial charge >= 0.3 is 0 Å². The predicted octanol–water partition coefficient (Wildman–Crippen LogP) is 2.74. The van der Waals surface area contributed by atoms with E-state index in [2.05, 4.69) is 31.8 Å². The summed E-state index contributed by atoms with van der Waals surface area (Å²) in [6.07, 6.45) is 3.00. The predicted molar refractivity (Wildman–Crippen MR) is 50.9 cm³/mol. The Morgan fingerprint density at radius 3 is 2.67 bits per heavy atom. The van der Waals surface area contributed by atoms with Gasteiger partial charge in [0.25, 0.3) is 0 Å². The molecule has 0 atom stereocenters. The molecule has 0 aromatic carbocycles. The van der Waals surface area contributed by atoms with Crippen molar-refractivity contribution in [2.24, 2.45) is 0 Å². The molecule has 1 aliphatic carbocycles. The van der Waals surface area contributed by atoms with Crippen molar-refractivity contribution in [2.45, 2.75) is 27.2 Å². The lowest BCUT2D eigenvalue weighted by atomic mass is 10.1. The van der Waals surface area contributed by atoms with E-state index in [1.807, 2.05) is 6.20 Å². The number of aryl methyl sites for hydroxylation is 1. The molecule has 1 aliphatic rings. The summed E-state index contributed by atoms with van der Waals surface area (Å²) >= 11 is 0. The SMILES string of the molecule is CC1=C(C)c2nccc(C)c2C1. The summed E-state index contributed by atoms with van der Waals surface area (Å²) in [5.41, 5.74) is 6.84. The Kier molecular flexibility index (Phi) is 1.53. The molecule has 0 radical (unpaired) electrons. The van der Waals surface area contributed by atoms with E-state index in [4.69, 9.17) is 0 Å². The van der Waals surface area contributed by atoms with Gasteiger partial charge in [-0.3, -0.25) is 4.98 Å². The van der Waals surface area contributed by atoms with Crippen LogP contribution in [0.25, 0.3) is 5.57 Å². The van der Waals surface area contributed by atoms with E-state index >= 15 is 0 Å². The van der Waals surface area contributed by atoms with Crippen molar-refractivity contribution in [3.05, 3.63) is 34.7 Å². The number of hydrogen-bond donors (Lipinski definition) is 0. The van der Waals surface area contributed by atoms with Gasteiger partial charge in [-0.15, -0.1) is 0 Å². The molecular formula is C11H13N. The first-order valence-corrected chi connectivity index (χ1v) is 4.31. The molecule has 62 valence electrons. The smallest absolute Gasteiger partial charge is 0.0696 e. The molecule has 0 fully saturated rings. The van der Waals surface area contributed by atoms with Gasteiger partial charge in [0.2, 0.25) is 0 Å². The zero-order valence-corrected chi connectivity index (χ0v) is 7.81. The molecular weight excluding hydrogens is 146 g/mol. The Hall–Kier alpha value is -1.11. The summed E-state index contributed by atoms with van der Waals surface area (Å²) in [6, 6.07) is 2.09. The van der Waals surface area contributed by atoms with Crippen LogP contribution in [0.1, 0.15) is 30.7 Å². The highest BCUT2D eigenvalue weighted by molar-refractivity contribution is 5.72. The van der Waals surface area contributed by atoms with Gasteiger partial charge < -0.3 is 0 Å². The van der Waals surface area contributed by atoms with Crippen LogP contribution in [-0.4, -0.2) is 4.98 Å². The lowest BCUT2D eigenvalue weighted by Crippen LogP contribution is -1.91. The van der Waals surface area contributed by atoms with E-state index < -0.39 is 0 Å². The molecule has 12 heavy (non-hydrogen) atoms. The first-order valence-electron chi connectivity index (χ1n) is 4.31. The fraction of sp³-hybridized carbons (Fsp3) is 0.364. The Morgan fingerprint density at radius 2 is 2.00 bits per heavy atom. The minimum Gasteiger partial charge on any atom is -0.256 e. The zero-order chi connectivity index (χ0) is 8.72. The molecule has 1 aromatic rings. The number of allylic oxidation sites excluding steroid dienone is 2. The second-order valence-corrected chi connectivity index (χ2v) is 3.54. The van der Waals surface area contributed by atoms with Crippen LogP contribution in [0.4, 0.5) is 0 Å². The first-order chi connectivity index (χ1) is 5.70. The van der Waals surface area contributed by atoms with E-state index in [-0.39, 0.29) is 0 Å². The minimum atomic E-state index is 1.10. The summed E-state index contributed by atoms with van der Waals surface area (Å²) in [7, 11) is 0. The van der Waals surface area contributed by atoms with Gasteiger partial charge in [-0.25, -0.2) is 0 Å². The average Bonchev–Trinajstić information content (AvgIpc) is 2.32. The Labute approximate surface area is 73.1 Å². The van der Waals surface area contributed by atoms with Crippen molar-refractivity contribution in [3.63, 3.8) is 0 Å². The first kappa shape index (κ1) is 7.53. The van der Waals surface area contributed by atoms with E-state index in [0.717, 1.165) is 6.42 Å². The van der Waals surface area contributed by atoms with Crippen LogP contribution in [0, 0.1) is 6.92 Å². The van der Waals surface area contributed by atoms with Crippen LogP contribution in [-0.2, 0) is 6.42 Å². The van der Waals surface area contributed by atoms with Crippen molar-refractivity contribution >= 4 is 5.57 Å². The monoisotopic (exact) mass is 159 g/mol. The second kappa shape index (κ2) is 2.44. The molecule has 1 nitrogen and oxygen atoms in total. The minimum absolute atomic E-state index is 1.10. The van der Waals surface area contributed by atoms with Gasteiger partial charge in [-0.1, -0.05) is 5.57 Å². The highest BCUT2D eigenvalue weighted by Gasteiger charge is 2.17. The number of hydrogen-bond acceptors (Lipinski definition) is 1. The highest BCUT2D eigenvalue weighted by atomic mass is 14.7. The van der Waals surface area contributed by atoms with E-state index in [1.165, 1.54) is 28.0 Å². The van der Waals surface area contributed by atoms with Crippen molar-refractivity contribution in [1.82, 2.24) is 4.98 Å². The van der Waals surface area contributed by atoms with Gasteiger partial charge in [-0.05, 0) is 50.0 Å². The molecule has 0 bridgehead atoms. The number of pyridine rings is 1. The van der Waals surface area contributed by atoms with E-state index in [9.17, 15) is 0 Å². The van der Waals surface area contributed by atoms with E-state index in [0.29, 0.717) is 0 Å². The van der Waals surface area contributed by atoms with Crippen LogP contribution in [0.5, 0.6) is 0 Å². The van der Waals surface area contributed by atoms with Gasteiger partial charge in [0.05, 0.1) is 5.69 Å². The lowest BCUT2D eigenvalue weighted by Gasteiger charge is -2.02. The Balaban J connectivity index is 2.64. The third kappa shape index (κ3) is 0.893. The number of rotatable bonds is 0. The van der Waals surface area contributed by atoms with Gasteiger partial charge in [0.1, 0.15) is 0 Å². The topological polar surface area (TPSA) is 12.9 Å². The molecule has 1 heteroatoms. The molecule has 0 saturated carbocycles. The summed E-state index contributed by atoms with van der Waals surface area (Å²) in [5, 5.41) is 0. The summed E-state index contributed by atoms with van der Waals surface area (Å²) in [6.45, 7) is 6.51. The maximum absolute atomic E-state index is 4.39. The highest BCUT2D eigenvalue weighted by Crippen LogP contribution is 2.31. The normalized spacial score (nSPS) is 15.2. The fourth-order valence-electron chi connectivity index (χ4n) is 1.74. The molecule has 1 aromatic heterocycles. The average molecular weight is 159 g/mol. The summed E-state index contributed by atoms with van der Waals surface area (Å²) < 4.78 is 0. The van der Waals surface area contributed by atoms with Crippen LogP contribution in [0.3, 0.4) is 0 Å². The maximum Gasteiger partial charge on any atom is 0.0696 e. The molecule has 1 heterocycles. The Bertz CT molecular complexity index is 361. The van der Waals surface area contributed by atoms with E-state index in [1.54, 1.807) is 0 Å². The van der Waals surface area contributed by atoms with Gasteiger partial charge in [0, 0.05) is 6.20 Å². The molecule has 0 N–H and O–H groups in total. The summed E-state index contributed by atoms with van der Waals surface area (Å²) in [5.74, 6) is 0. The van der Waals surface area contributed by atoms with Crippen molar-refractivity contribution < 1.29 is 0 Å². The molecule has 0 aliphatic heterocycles. The fourth-order valence-corrected chi connectivity index (χ4v) is 1.74. The largest absolute Gasteiger partial charge is 0.256 e. The van der Waals surface area contributed by atoms with Gasteiger partial charge in [-0.2, -0.15) is 0 Å². The third-order valence-corrected chi connectivity index (χ3v) is 2.73. The van der Waals surface area contributed by atoms with Crippen LogP contribution >= 0.6 is 0 Å². The molecule has 0 amide bonds. The maximum atomic E-state index is 4.39. The molecule has 0 saturated heterocycles. The number of fused-ring (bicyclic) bond motifs is 1. The molecule has 0 unspecified atom stereocenters. The third-order valence-electron chi connectivity index (χ3n) is 2.73. The summed E-state index contributed by atoms with van der Waals surface area (Å²) in [4.78, 5) is 4.39. The van der Waals surface area contributed by atoms with Crippen LogP contribution in [0.2, 0.25) is 0 Å². The number of aromatic nitrogens is 1. The van der Waals surface area contributed by atoms with Crippen LogP contribution in [0.15, 0.2) is 17.8 Å². The van der Waals surface area contributed by atoms with Crippen molar-refractivity contribution in [2.75, 3.05) is 0 Å². The van der Waals surface area contributed by atoms with Crippen LogP contribution < -0.4 is 0 Å².